The standard InChI is InChI=1S/C33H24F2N6O3/c1-38-31(30-25(15-37)20-8-4-3-7-18(20)12-28(30)35)24(14-36)19-11-23(26(17-42)27(34)13-19)29(40-39-2)16-41-32(43)21-9-5-6-10-22(21)33(41)44/h3-14,17,39H,16,36H2,1-2H3/b24-14-,38-31?,40-29-. The van der Waals surface area contributed by atoms with Crippen molar-refractivity contribution in [3.8, 4) is 6.07 Å². The number of aliphatic imine (C=N–C) groups is 1. The van der Waals surface area contributed by atoms with Crippen molar-refractivity contribution in [1.82, 2.24) is 10.3 Å². The van der Waals surface area contributed by atoms with Gasteiger partial charge in [-0.1, -0.05) is 36.4 Å². The maximum atomic E-state index is 15.6. The van der Waals surface area contributed by atoms with E-state index in [4.69, 9.17) is 5.73 Å². The highest BCUT2D eigenvalue weighted by atomic mass is 19.1. The maximum Gasteiger partial charge on any atom is 0.261 e. The molecule has 44 heavy (non-hydrogen) atoms. The second-order valence-electron chi connectivity index (χ2n) is 9.66. The van der Waals surface area contributed by atoms with Gasteiger partial charge in [-0.3, -0.25) is 24.3 Å². The number of halogens is 2. The first-order valence-corrected chi connectivity index (χ1v) is 13.3. The second kappa shape index (κ2) is 12.1. The smallest absolute Gasteiger partial charge is 0.261 e. The van der Waals surface area contributed by atoms with Crippen molar-refractivity contribution in [3.05, 3.63) is 124 Å². The first kappa shape index (κ1) is 29.5. The lowest BCUT2D eigenvalue weighted by Gasteiger charge is -2.19. The Kier molecular flexibility index (Phi) is 8.08. The summed E-state index contributed by atoms with van der Waals surface area (Å²) in [6, 6.07) is 18.8. The van der Waals surface area contributed by atoms with Gasteiger partial charge >= 0.3 is 0 Å². The molecule has 1 aliphatic heterocycles. The third kappa shape index (κ3) is 4.88. The number of carbonyl (C=O) groups is 3. The van der Waals surface area contributed by atoms with Gasteiger partial charge in [0.05, 0.1) is 45.8 Å². The summed E-state index contributed by atoms with van der Waals surface area (Å²) >= 11 is 0. The normalized spacial score (nSPS) is 13.7. The molecule has 4 aromatic carbocycles. The summed E-state index contributed by atoms with van der Waals surface area (Å²) in [7, 11) is 2.84. The van der Waals surface area contributed by atoms with Crippen LogP contribution in [0.1, 0.15) is 53.3 Å². The van der Waals surface area contributed by atoms with E-state index in [9.17, 15) is 19.6 Å². The van der Waals surface area contributed by atoms with Gasteiger partial charge in [0, 0.05) is 36.8 Å². The van der Waals surface area contributed by atoms with E-state index in [1.165, 1.54) is 38.4 Å². The number of benzene rings is 4. The number of hydrazone groups is 1. The Balaban J connectivity index is 1.64. The highest BCUT2D eigenvalue weighted by Crippen LogP contribution is 2.32. The number of aldehydes is 1. The lowest BCUT2D eigenvalue weighted by atomic mass is 9.88. The molecule has 0 spiro atoms. The number of hydrogen-bond acceptors (Lipinski definition) is 8. The summed E-state index contributed by atoms with van der Waals surface area (Å²) < 4.78 is 31.2. The van der Waals surface area contributed by atoms with E-state index in [-0.39, 0.29) is 55.9 Å². The molecule has 1 aliphatic rings. The lowest BCUT2D eigenvalue weighted by molar-refractivity contribution is 0.0677. The van der Waals surface area contributed by atoms with Crippen molar-refractivity contribution in [2.24, 2.45) is 15.8 Å². The number of amides is 2. The first-order valence-electron chi connectivity index (χ1n) is 13.3. The van der Waals surface area contributed by atoms with Crippen LogP contribution in [0.15, 0.2) is 83.0 Å². The molecular formula is C33H24F2N6O3. The van der Waals surface area contributed by atoms with Crippen LogP contribution in [0.4, 0.5) is 8.78 Å². The summed E-state index contributed by atoms with van der Waals surface area (Å²) in [6.45, 7) is -0.398. The number of nitrogens with zero attached hydrogens (tertiary/aromatic N) is 4. The Morgan fingerprint density at radius 2 is 1.68 bits per heavy atom. The average molecular weight is 591 g/mol. The van der Waals surface area contributed by atoms with Crippen LogP contribution in [0.25, 0.3) is 16.3 Å². The Bertz CT molecular complexity index is 1970. The van der Waals surface area contributed by atoms with Gasteiger partial charge in [-0.15, -0.1) is 0 Å². The van der Waals surface area contributed by atoms with Gasteiger partial charge in [-0.2, -0.15) is 10.4 Å². The molecule has 0 aliphatic carbocycles. The number of nitriles is 1. The van der Waals surface area contributed by atoms with Gasteiger partial charge in [0.2, 0.25) is 0 Å². The largest absolute Gasteiger partial charge is 0.404 e. The second-order valence-corrected chi connectivity index (χ2v) is 9.66. The van der Waals surface area contributed by atoms with Crippen LogP contribution in [0, 0.1) is 23.0 Å². The molecule has 9 nitrogen and oxygen atoms in total. The van der Waals surface area contributed by atoms with Crippen LogP contribution < -0.4 is 11.2 Å². The molecule has 11 heteroatoms. The van der Waals surface area contributed by atoms with Gasteiger partial charge in [0.15, 0.2) is 6.29 Å². The van der Waals surface area contributed by atoms with Crippen LogP contribution in [-0.4, -0.2) is 55.1 Å². The topological polar surface area (TPSA) is 141 Å². The molecule has 3 N–H and O–H groups in total. The summed E-state index contributed by atoms with van der Waals surface area (Å²) in [6.07, 6.45) is 1.38. The molecule has 0 bridgehead atoms. The number of hydrogen-bond donors (Lipinski definition) is 2. The van der Waals surface area contributed by atoms with Crippen molar-refractivity contribution >= 4 is 45.9 Å². The Hall–Kier alpha value is -6.02. The van der Waals surface area contributed by atoms with Gasteiger partial charge in [-0.25, -0.2) is 8.78 Å². The van der Waals surface area contributed by atoms with Gasteiger partial charge in [0.1, 0.15) is 17.7 Å². The monoisotopic (exact) mass is 590 g/mol. The zero-order valence-electron chi connectivity index (χ0n) is 23.6. The molecule has 0 radical (unpaired) electrons. The Morgan fingerprint density at radius 1 is 1.02 bits per heavy atom. The first-order chi connectivity index (χ1) is 21.3. The quantitative estimate of drug-likeness (QED) is 0.135. The average Bonchev–Trinajstić information content (AvgIpc) is 3.27. The van der Waals surface area contributed by atoms with E-state index < -0.39 is 30.0 Å². The molecule has 4 aromatic rings. The predicted octanol–water partition coefficient (Wildman–Crippen LogP) is 4.44. The zero-order chi connectivity index (χ0) is 31.5. The van der Waals surface area contributed by atoms with Crippen molar-refractivity contribution in [2.75, 3.05) is 20.6 Å². The third-order valence-corrected chi connectivity index (χ3v) is 7.30. The summed E-state index contributed by atoms with van der Waals surface area (Å²) in [5.41, 5.74) is 8.53. The van der Waals surface area contributed by atoms with Crippen molar-refractivity contribution in [2.45, 2.75) is 0 Å². The third-order valence-electron chi connectivity index (χ3n) is 7.30. The Morgan fingerprint density at radius 3 is 2.27 bits per heavy atom. The van der Waals surface area contributed by atoms with E-state index in [2.05, 4.69) is 21.6 Å². The van der Waals surface area contributed by atoms with Crippen LogP contribution in [-0.2, 0) is 0 Å². The molecule has 2 amide bonds. The minimum absolute atomic E-state index is 0.00816. The van der Waals surface area contributed by atoms with Crippen LogP contribution in [0.5, 0.6) is 0 Å². The molecule has 0 atom stereocenters. The predicted molar refractivity (Wildman–Crippen MR) is 162 cm³/mol. The minimum atomic E-state index is -0.965. The number of nitrogens with two attached hydrogens (primary N) is 1. The fourth-order valence-electron chi connectivity index (χ4n) is 5.32. The Labute approximate surface area is 250 Å². The van der Waals surface area contributed by atoms with E-state index in [1.807, 2.05) is 0 Å². The molecule has 0 unspecified atom stereocenters. The highest BCUT2D eigenvalue weighted by molar-refractivity contribution is 6.33. The molecule has 1 heterocycles. The molecule has 0 aromatic heterocycles. The number of rotatable bonds is 8. The molecule has 0 saturated carbocycles. The molecule has 0 saturated heterocycles. The fraction of sp³-hybridized carbons (Fsp3) is 0.0909. The van der Waals surface area contributed by atoms with Gasteiger partial charge in [-0.05, 0) is 41.3 Å². The fourth-order valence-corrected chi connectivity index (χ4v) is 5.32. The molecule has 0 fully saturated rings. The molecule has 5 rings (SSSR count). The van der Waals surface area contributed by atoms with Gasteiger partial charge in [0.25, 0.3) is 11.8 Å². The highest BCUT2D eigenvalue weighted by Gasteiger charge is 2.36. The molecule has 218 valence electrons. The van der Waals surface area contributed by atoms with Crippen molar-refractivity contribution in [3.63, 3.8) is 0 Å². The minimum Gasteiger partial charge on any atom is -0.404 e. The maximum absolute atomic E-state index is 15.6. The number of imide groups is 1. The molecular weight excluding hydrogens is 566 g/mol. The number of nitrogens with one attached hydrogen (secondary N) is 1. The summed E-state index contributed by atoms with van der Waals surface area (Å²) in [5.74, 6) is -2.85. The van der Waals surface area contributed by atoms with Crippen LogP contribution in [0.2, 0.25) is 0 Å². The van der Waals surface area contributed by atoms with E-state index in [1.54, 1.807) is 36.4 Å². The van der Waals surface area contributed by atoms with Gasteiger partial charge < -0.3 is 11.2 Å². The van der Waals surface area contributed by atoms with E-state index in [0.29, 0.717) is 17.1 Å². The SMILES string of the molecule is CN=C(/C(=C\N)c1cc(F)c(C=O)c(/C(CN2C(=O)c3ccccc3C2=O)=N\NC)c1)c1c(F)cc2ccccc2c1C#N. The van der Waals surface area contributed by atoms with Crippen LogP contribution >= 0.6 is 0 Å². The van der Waals surface area contributed by atoms with Crippen LogP contribution in [0.3, 0.4) is 0 Å². The summed E-state index contributed by atoms with van der Waals surface area (Å²) in [5, 5.41) is 15.2. The number of fused-ring (bicyclic) bond motifs is 2. The number of carbonyl (C=O) groups excluding carboxylic acids is 3. The summed E-state index contributed by atoms with van der Waals surface area (Å²) in [4.78, 5) is 43.4. The van der Waals surface area contributed by atoms with Crippen molar-refractivity contribution in [1.29, 1.82) is 5.26 Å². The van der Waals surface area contributed by atoms with E-state index >= 15 is 8.78 Å². The lowest BCUT2D eigenvalue weighted by Crippen LogP contribution is -2.36. The zero-order valence-corrected chi connectivity index (χ0v) is 23.6. The van der Waals surface area contributed by atoms with Crippen molar-refractivity contribution < 1.29 is 23.2 Å². The van der Waals surface area contributed by atoms with E-state index in [0.717, 1.165) is 17.2 Å². The number of allylic oxidation sites excluding steroid dienone is 1.